The van der Waals surface area contributed by atoms with Crippen molar-refractivity contribution in [1.29, 1.82) is 5.26 Å². The molecule has 1 fully saturated rings. The van der Waals surface area contributed by atoms with Gasteiger partial charge in [0.2, 0.25) is 0 Å². The topological polar surface area (TPSA) is 52.0 Å². The number of anilines is 1. The lowest BCUT2D eigenvalue weighted by molar-refractivity contribution is 0.206. The Morgan fingerprint density at radius 2 is 2.41 bits per heavy atom. The minimum Gasteiger partial charge on any atom is -0.358 e. The van der Waals surface area contributed by atoms with Gasteiger partial charge in [-0.1, -0.05) is 29.9 Å². The lowest BCUT2D eigenvalue weighted by Gasteiger charge is -2.35. The van der Waals surface area contributed by atoms with Gasteiger partial charge in [0.15, 0.2) is 10.3 Å². The largest absolute Gasteiger partial charge is 0.358 e. The predicted octanol–water partition coefficient (Wildman–Crippen LogP) is 2.42. The predicted molar refractivity (Wildman–Crippen MR) is 70.5 cm³/mol. The molecule has 92 valence electrons. The molecule has 1 aromatic rings. The van der Waals surface area contributed by atoms with Crippen LogP contribution in [-0.2, 0) is 0 Å². The molecule has 1 aliphatic heterocycles. The second-order valence-corrected chi connectivity index (χ2v) is 5.89. The first-order chi connectivity index (χ1) is 8.10. The third kappa shape index (κ3) is 2.89. The van der Waals surface area contributed by atoms with Crippen LogP contribution < -0.4 is 5.32 Å². The number of thiazole rings is 1. The highest BCUT2D eigenvalue weighted by atomic mass is 35.5. The molecule has 0 spiro atoms. The summed E-state index contributed by atoms with van der Waals surface area (Å²) in [5.41, 5.74) is 0. The molecule has 17 heavy (non-hydrogen) atoms. The molecule has 1 aliphatic rings. The molecule has 1 saturated heterocycles. The molecule has 2 rings (SSSR count). The zero-order valence-electron chi connectivity index (χ0n) is 9.90. The SMILES string of the molecule is CC1CN(C)CCC1Nc1nc(Cl)c(C#N)s1. The average molecular weight is 271 g/mol. The van der Waals surface area contributed by atoms with Gasteiger partial charge in [-0.15, -0.1) is 0 Å². The summed E-state index contributed by atoms with van der Waals surface area (Å²) in [5, 5.41) is 13.3. The number of piperidine rings is 1. The molecule has 0 amide bonds. The van der Waals surface area contributed by atoms with Crippen molar-refractivity contribution in [3.8, 4) is 6.07 Å². The van der Waals surface area contributed by atoms with Gasteiger partial charge in [-0.2, -0.15) is 5.26 Å². The van der Waals surface area contributed by atoms with Crippen LogP contribution in [0.5, 0.6) is 0 Å². The zero-order valence-corrected chi connectivity index (χ0v) is 11.5. The molecular formula is C11H15ClN4S. The Balaban J connectivity index is 2.03. The molecule has 0 bridgehead atoms. The third-order valence-corrected chi connectivity index (χ3v) is 4.38. The molecule has 0 saturated carbocycles. The second kappa shape index (κ2) is 5.21. The maximum Gasteiger partial charge on any atom is 0.185 e. The van der Waals surface area contributed by atoms with E-state index in [1.54, 1.807) is 0 Å². The number of hydrogen-bond donors (Lipinski definition) is 1. The number of nitrogens with one attached hydrogen (secondary N) is 1. The Morgan fingerprint density at radius 3 is 3.00 bits per heavy atom. The summed E-state index contributed by atoms with van der Waals surface area (Å²) >= 11 is 7.18. The highest BCUT2D eigenvalue weighted by Crippen LogP contribution is 2.28. The highest BCUT2D eigenvalue weighted by Gasteiger charge is 2.25. The quantitative estimate of drug-likeness (QED) is 0.897. The molecule has 0 aliphatic carbocycles. The Bertz CT molecular complexity index is 439. The van der Waals surface area contributed by atoms with Gasteiger partial charge in [-0.3, -0.25) is 0 Å². The highest BCUT2D eigenvalue weighted by molar-refractivity contribution is 7.16. The van der Waals surface area contributed by atoms with Crippen molar-refractivity contribution in [1.82, 2.24) is 9.88 Å². The van der Waals surface area contributed by atoms with Gasteiger partial charge < -0.3 is 10.2 Å². The van der Waals surface area contributed by atoms with Crippen molar-refractivity contribution in [2.75, 3.05) is 25.5 Å². The molecule has 1 N–H and O–H groups in total. The zero-order chi connectivity index (χ0) is 12.4. The van der Waals surface area contributed by atoms with Gasteiger partial charge in [0.1, 0.15) is 10.9 Å². The minimum absolute atomic E-state index is 0.306. The van der Waals surface area contributed by atoms with Crippen molar-refractivity contribution in [2.45, 2.75) is 19.4 Å². The van der Waals surface area contributed by atoms with E-state index >= 15 is 0 Å². The van der Waals surface area contributed by atoms with E-state index in [-0.39, 0.29) is 0 Å². The summed E-state index contributed by atoms with van der Waals surface area (Å²) in [6.07, 6.45) is 1.09. The molecule has 4 nitrogen and oxygen atoms in total. The monoisotopic (exact) mass is 270 g/mol. The van der Waals surface area contributed by atoms with E-state index in [9.17, 15) is 0 Å². The molecule has 6 heteroatoms. The maximum atomic E-state index is 8.83. The van der Waals surface area contributed by atoms with Crippen molar-refractivity contribution in [3.63, 3.8) is 0 Å². The van der Waals surface area contributed by atoms with Crippen LogP contribution in [-0.4, -0.2) is 36.1 Å². The van der Waals surface area contributed by atoms with Crippen LogP contribution in [0.15, 0.2) is 0 Å². The van der Waals surface area contributed by atoms with Crippen molar-refractivity contribution in [2.24, 2.45) is 5.92 Å². The summed E-state index contributed by atoms with van der Waals surface area (Å²) in [5.74, 6) is 0.571. The fourth-order valence-corrected chi connectivity index (χ4v) is 3.17. The fourth-order valence-electron chi connectivity index (χ4n) is 2.16. The number of rotatable bonds is 2. The van der Waals surface area contributed by atoms with Crippen molar-refractivity contribution >= 4 is 28.1 Å². The summed E-state index contributed by atoms with van der Waals surface area (Å²) in [7, 11) is 2.14. The number of hydrogen-bond acceptors (Lipinski definition) is 5. The molecule has 1 aromatic heterocycles. The summed E-state index contributed by atoms with van der Waals surface area (Å²) in [4.78, 5) is 6.98. The van der Waals surface area contributed by atoms with Crippen LogP contribution in [0.2, 0.25) is 5.15 Å². The number of nitriles is 1. The third-order valence-electron chi connectivity index (χ3n) is 3.10. The number of halogens is 1. The molecular weight excluding hydrogens is 256 g/mol. The van der Waals surface area contributed by atoms with Crippen LogP contribution in [0.25, 0.3) is 0 Å². The van der Waals surface area contributed by atoms with E-state index in [1.165, 1.54) is 11.3 Å². The smallest absolute Gasteiger partial charge is 0.185 e. The lowest BCUT2D eigenvalue weighted by Crippen LogP contribution is -2.43. The Kier molecular flexibility index (Phi) is 3.87. The van der Waals surface area contributed by atoms with Crippen LogP contribution in [0.3, 0.4) is 0 Å². The molecule has 2 heterocycles. The molecule has 2 atom stereocenters. The Labute approximate surface area is 110 Å². The van der Waals surface area contributed by atoms with Crippen molar-refractivity contribution in [3.05, 3.63) is 10.0 Å². The van der Waals surface area contributed by atoms with E-state index in [2.05, 4.69) is 29.2 Å². The lowest BCUT2D eigenvalue weighted by atomic mass is 9.94. The summed E-state index contributed by atoms with van der Waals surface area (Å²) in [6, 6.07) is 2.46. The van der Waals surface area contributed by atoms with Crippen LogP contribution >= 0.6 is 22.9 Å². The minimum atomic E-state index is 0.306. The molecule has 0 radical (unpaired) electrons. The first-order valence-electron chi connectivity index (χ1n) is 5.61. The van der Waals surface area contributed by atoms with Crippen LogP contribution in [0, 0.1) is 17.2 Å². The van der Waals surface area contributed by atoms with E-state index in [0.29, 0.717) is 22.0 Å². The number of aromatic nitrogens is 1. The van der Waals surface area contributed by atoms with E-state index < -0.39 is 0 Å². The van der Waals surface area contributed by atoms with Gasteiger partial charge in [0.25, 0.3) is 0 Å². The molecule has 0 aromatic carbocycles. The first kappa shape index (κ1) is 12.6. The standard InChI is InChI=1S/C11H15ClN4S/c1-7-6-16(2)4-3-8(7)14-11-15-10(12)9(5-13)17-11/h7-8H,3-4,6H2,1-2H3,(H,14,15). The van der Waals surface area contributed by atoms with Gasteiger partial charge >= 0.3 is 0 Å². The maximum absolute atomic E-state index is 8.83. The Morgan fingerprint density at radius 1 is 1.65 bits per heavy atom. The molecule has 2 unspecified atom stereocenters. The van der Waals surface area contributed by atoms with Gasteiger partial charge in [-0.25, -0.2) is 4.98 Å². The Hall–Kier alpha value is -0.830. The normalized spacial score (nSPS) is 25.5. The second-order valence-electron chi connectivity index (χ2n) is 4.53. The fraction of sp³-hybridized carbons (Fsp3) is 0.636. The van der Waals surface area contributed by atoms with Crippen LogP contribution in [0.1, 0.15) is 18.2 Å². The van der Waals surface area contributed by atoms with E-state index in [4.69, 9.17) is 16.9 Å². The van der Waals surface area contributed by atoms with Gasteiger partial charge in [0.05, 0.1) is 0 Å². The first-order valence-corrected chi connectivity index (χ1v) is 6.81. The van der Waals surface area contributed by atoms with Gasteiger partial charge in [0, 0.05) is 12.6 Å². The summed E-state index contributed by atoms with van der Waals surface area (Å²) in [6.45, 7) is 4.40. The number of nitrogens with zero attached hydrogens (tertiary/aromatic N) is 3. The van der Waals surface area contributed by atoms with Gasteiger partial charge in [-0.05, 0) is 25.9 Å². The summed E-state index contributed by atoms with van der Waals surface area (Å²) < 4.78 is 0. The van der Waals surface area contributed by atoms with E-state index in [0.717, 1.165) is 24.6 Å². The van der Waals surface area contributed by atoms with Crippen molar-refractivity contribution < 1.29 is 0 Å². The number of likely N-dealkylation sites (tertiary alicyclic amines) is 1. The average Bonchev–Trinajstić information content (AvgIpc) is 2.63. The van der Waals surface area contributed by atoms with Crippen LogP contribution in [0.4, 0.5) is 5.13 Å². The van der Waals surface area contributed by atoms with E-state index in [1.807, 2.05) is 6.07 Å².